The predicted molar refractivity (Wildman–Crippen MR) is 73.5 cm³/mol. The maximum absolute atomic E-state index is 9.56. The van der Waals surface area contributed by atoms with E-state index in [0.29, 0.717) is 5.75 Å². The number of piperidine rings is 1. The number of fused-ring (bicyclic) bond motifs is 1. The van der Waals surface area contributed by atoms with Gasteiger partial charge in [-0.15, -0.1) is 0 Å². The summed E-state index contributed by atoms with van der Waals surface area (Å²) in [5.41, 5.74) is 1.25. The van der Waals surface area contributed by atoms with E-state index in [2.05, 4.69) is 11.0 Å². The summed E-state index contributed by atoms with van der Waals surface area (Å²) in [4.78, 5) is 2.65. The molecule has 1 aromatic rings. The molecule has 1 saturated heterocycles. The molecule has 1 saturated carbocycles. The van der Waals surface area contributed by atoms with Crippen LogP contribution in [0.5, 0.6) is 5.75 Å². The van der Waals surface area contributed by atoms with Crippen molar-refractivity contribution >= 4 is 0 Å². The fourth-order valence-electron chi connectivity index (χ4n) is 3.81. The zero-order chi connectivity index (χ0) is 12.4. The number of phenols is 1. The van der Waals surface area contributed by atoms with E-state index in [9.17, 15) is 5.11 Å². The SMILES string of the molecule is Oc1cccc(CN2CCCC3CCCCC32)c1. The van der Waals surface area contributed by atoms with Crippen LogP contribution in [0, 0.1) is 5.92 Å². The van der Waals surface area contributed by atoms with Crippen LogP contribution in [-0.4, -0.2) is 22.6 Å². The summed E-state index contributed by atoms with van der Waals surface area (Å²) in [6.45, 7) is 2.24. The molecule has 1 heterocycles. The van der Waals surface area contributed by atoms with E-state index in [-0.39, 0.29) is 0 Å². The Balaban J connectivity index is 1.71. The van der Waals surface area contributed by atoms with Gasteiger partial charge in [0.1, 0.15) is 5.75 Å². The van der Waals surface area contributed by atoms with Crippen molar-refractivity contribution in [1.82, 2.24) is 4.90 Å². The first-order valence-electron chi connectivity index (χ1n) is 7.35. The highest BCUT2D eigenvalue weighted by atomic mass is 16.3. The third-order valence-corrected chi connectivity index (χ3v) is 4.65. The monoisotopic (exact) mass is 245 g/mol. The Hall–Kier alpha value is -1.02. The maximum Gasteiger partial charge on any atom is 0.115 e. The number of likely N-dealkylation sites (tertiary alicyclic amines) is 1. The molecule has 1 N–H and O–H groups in total. The second kappa shape index (κ2) is 5.31. The number of rotatable bonds is 2. The molecule has 2 aliphatic rings. The van der Waals surface area contributed by atoms with Crippen LogP contribution in [-0.2, 0) is 6.54 Å². The van der Waals surface area contributed by atoms with Gasteiger partial charge in [0, 0.05) is 12.6 Å². The second-order valence-corrected chi connectivity index (χ2v) is 5.89. The first kappa shape index (κ1) is 12.0. The van der Waals surface area contributed by atoms with Gasteiger partial charge in [-0.05, 0) is 55.8 Å². The summed E-state index contributed by atoms with van der Waals surface area (Å²) >= 11 is 0. The van der Waals surface area contributed by atoms with Crippen LogP contribution in [0.2, 0.25) is 0 Å². The Morgan fingerprint density at radius 1 is 1.11 bits per heavy atom. The second-order valence-electron chi connectivity index (χ2n) is 5.89. The minimum atomic E-state index is 0.393. The average Bonchev–Trinajstić information content (AvgIpc) is 2.39. The Morgan fingerprint density at radius 2 is 1.94 bits per heavy atom. The van der Waals surface area contributed by atoms with Crippen molar-refractivity contribution in [3.63, 3.8) is 0 Å². The summed E-state index contributed by atoms with van der Waals surface area (Å²) in [6.07, 6.45) is 8.42. The summed E-state index contributed by atoms with van der Waals surface area (Å²) in [7, 11) is 0. The fourth-order valence-corrected chi connectivity index (χ4v) is 3.81. The lowest BCUT2D eigenvalue weighted by Crippen LogP contribution is -2.46. The molecular formula is C16H23NO. The lowest BCUT2D eigenvalue weighted by molar-refractivity contribution is 0.0546. The molecular weight excluding hydrogens is 222 g/mol. The third kappa shape index (κ3) is 2.54. The van der Waals surface area contributed by atoms with Crippen LogP contribution in [0.3, 0.4) is 0 Å². The van der Waals surface area contributed by atoms with Gasteiger partial charge in [-0.2, -0.15) is 0 Å². The zero-order valence-corrected chi connectivity index (χ0v) is 11.0. The normalized spacial score (nSPS) is 28.9. The van der Waals surface area contributed by atoms with E-state index >= 15 is 0 Å². The minimum absolute atomic E-state index is 0.393. The molecule has 0 radical (unpaired) electrons. The van der Waals surface area contributed by atoms with Gasteiger partial charge in [-0.3, -0.25) is 4.90 Å². The summed E-state index contributed by atoms with van der Waals surface area (Å²) < 4.78 is 0. The molecule has 18 heavy (non-hydrogen) atoms. The number of aromatic hydroxyl groups is 1. The molecule has 1 aliphatic carbocycles. The van der Waals surface area contributed by atoms with Crippen LogP contribution >= 0.6 is 0 Å². The van der Waals surface area contributed by atoms with Crippen molar-refractivity contribution in [2.45, 2.75) is 51.1 Å². The highest BCUT2D eigenvalue weighted by Gasteiger charge is 2.32. The molecule has 2 fully saturated rings. The molecule has 0 amide bonds. The van der Waals surface area contributed by atoms with Gasteiger partial charge in [-0.1, -0.05) is 25.0 Å². The Kier molecular flexibility index (Phi) is 3.55. The Labute approximate surface area is 110 Å². The van der Waals surface area contributed by atoms with E-state index in [1.807, 2.05) is 12.1 Å². The Bertz CT molecular complexity index is 402. The highest BCUT2D eigenvalue weighted by molar-refractivity contribution is 5.27. The molecule has 2 atom stereocenters. The van der Waals surface area contributed by atoms with Gasteiger partial charge in [0.2, 0.25) is 0 Å². The summed E-state index contributed by atoms with van der Waals surface area (Å²) in [5.74, 6) is 1.33. The van der Waals surface area contributed by atoms with Crippen molar-refractivity contribution in [2.24, 2.45) is 5.92 Å². The zero-order valence-electron chi connectivity index (χ0n) is 11.0. The minimum Gasteiger partial charge on any atom is -0.508 e. The highest BCUT2D eigenvalue weighted by Crippen LogP contribution is 2.36. The molecule has 0 aromatic heterocycles. The molecule has 0 bridgehead atoms. The van der Waals surface area contributed by atoms with Gasteiger partial charge < -0.3 is 5.11 Å². The van der Waals surface area contributed by atoms with Crippen molar-refractivity contribution in [2.75, 3.05) is 6.54 Å². The molecule has 2 heteroatoms. The van der Waals surface area contributed by atoms with Gasteiger partial charge >= 0.3 is 0 Å². The van der Waals surface area contributed by atoms with Crippen molar-refractivity contribution < 1.29 is 5.11 Å². The van der Waals surface area contributed by atoms with E-state index in [1.165, 1.54) is 50.6 Å². The first-order chi connectivity index (χ1) is 8.83. The summed E-state index contributed by atoms with van der Waals surface area (Å²) in [6, 6.07) is 8.55. The van der Waals surface area contributed by atoms with Crippen molar-refractivity contribution in [1.29, 1.82) is 0 Å². The first-order valence-corrected chi connectivity index (χ1v) is 7.35. The quantitative estimate of drug-likeness (QED) is 0.861. The molecule has 2 unspecified atom stereocenters. The number of benzene rings is 1. The van der Waals surface area contributed by atoms with Gasteiger partial charge in [0.25, 0.3) is 0 Å². The number of nitrogens with zero attached hydrogens (tertiary/aromatic N) is 1. The van der Waals surface area contributed by atoms with Gasteiger partial charge in [0.05, 0.1) is 0 Å². The number of hydrogen-bond donors (Lipinski definition) is 1. The predicted octanol–water partition coefficient (Wildman–Crippen LogP) is 3.55. The summed E-state index contributed by atoms with van der Waals surface area (Å²) in [5, 5.41) is 9.56. The average molecular weight is 245 g/mol. The van der Waals surface area contributed by atoms with Crippen LogP contribution in [0.25, 0.3) is 0 Å². The molecule has 2 nitrogen and oxygen atoms in total. The number of phenolic OH excluding ortho intramolecular Hbond substituents is 1. The number of hydrogen-bond acceptors (Lipinski definition) is 2. The van der Waals surface area contributed by atoms with E-state index < -0.39 is 0 Å². The van der Waals surface area contributed by atoms with Crippen LogP contribution in [0.15, 0.2) is 24.3 Å². The van der Waals surface area contributed by atoms with Crippen LogP contribution in [0.1, 0.15) is 44.1 Å². The topological polar surface area (TPSA) is 23.5 Å². The van der Waals surface area contributed by atoms with Gasteiger partial charge in [0.15, 0.2) is 0 Å². The lowest BCUT2D eigenvalue weighted by Gasteiger charge is -2.44. The van der Waals surface area contributed by atoms with Crippen molar-refractivity contribution in [3.05, 3.63) is 29.8 Å². The largest absolute Gasteiger partial charge is 0.508 e. The standard InChI is InChI=1S/C16H23NO/c18-15-8-3-5-13(11-15)12-17-10-4-7-14-6-1-2-9-16(14)17/h3,5,8,11,14,16,18H,1-2,4,6-7,9-10,12H2. The van der Waals surface area contributed by atoms with Gasteiger partial charge in [-0.25, -0.2) is 0 Å². The maximum atomic E-state index is 9.56. The molecule has 98 valence electrons. The molecule has 0 spiro atoms. The molecule has 1 aromatic carbocycles. The van der Waals surface area contributed by atoms with Crippen LogP contribution < -0.4 is 0 Å². The Morgan fingerprint density at radius 3 is 2.83 bits per heavy atom. The smallest absolute Gasteiger partial charge is 0.115 e. The fraction of sp³-hybridized carbons (Fsp3) is 0.625. The third-order valence-electron chi connectivity index (χ3n) is 4.65. The van der Waals surface area contributed by atoms with Crippen molar-refractivity contribution in [3.8, 4) is 5.75 Å². The van der Waals surface area contributed by atoms with E-state index in [0.717, 1.165) is 18.5 Å². The van der Waals surface area contributed by atoms with Crippen LogP contribution in [0.4, 0.5) is 0 Å². The molecule has 1 aliphatic heterocycles. The molecule has 3 rings (SSSR count). The van der Waals surface area contributed by atoms with E-state index in [1.54, 1.807) is 6.07 Å². The lowest BCUT2D eigenvalue weighted by atomic mass is 9.78. The van der Waals surface area contributed by atoms with E-state index in [4.69, 9.17) is 0 Å².